The van der Waals surface area contributed by atoms with Gasteiger partial charge in [-0.2, -0.15) is 0 Å². The van der Waals surface area contributed by atoms with Gasteiger partial charge in [0, 0.05) is 6.16 Å². The minimum atomic E-state index is 0.899. The average Bonchev–Trinajstić information content (AvgIpc) is 2.03. The Hall–Kier alpha value is -0.390. The minimum absolute atomic E-state index is 0.899. The molecule has 2 heteroatoms. The summed E-state index contributed by atoms with van der Waals surface area (Å²) in [6.07, 6.45) is 1.17. The van der Waals surface area contributed by atoms with Crippen molar-refractivity contribution in [3.63, 3.8) is 0 Å². The molecule has 1 aromatic carbocycles. The summed E-state index contributed by atoms with van der Waals surface area (Å²) in [6, 6.07) is 10.6. The molecule has 0 aliphatic carbocycles. The summed E-state index contributed by atoms with van der Waals surface area (Å²) >= 11 is 0. The lowest BCUT2D eigenvalue weighted by molar-refractivity contribution is 0.689. The predicted octanol–water partition coefficient (Wildman–Crippen LogP) is 2.34. The van der Waals surface area contributed by atoms with Crippen LogP contribution in [0.1, 0.15) is 5.56 Å². The third kappa shape index (κ3) is 3.50. The van der Waals surface area contributed by atoms with Gasteiger partial charge in [-0.05, 0) is 28.4 Å². The highest BCUT2D eigenvalue weighted by molar-refractivity contribution is 7.34. The maximum Gasteiger partial charge on any atom is 0.00318 e. The number of nitrogens with zero attached hydrogens (tertiary/aromatic N) is 1. The molecule has 11 heavy (non-hydrogen) atoms. The standard InChI is InChI=1S/C9H14NP/c1-10(2)11-8-9-6-4-3-5-7-9/h3-7,11H,8H2,1-2H3. The summed E-state index contributed by atoms with van der Waals surface area (Å²) in [6.45, 7) is 0. The Kier molecular flexibility index (Phi) is 3.55. The van der Waals surface area contributed by atoms with Gasteiger partial charge in [-0.25, -0.2) is 0 Å². The molecular weight excluding hydrogens is 153 g/mol. The lowest BCUT2D eigenvalue weighted by Gasteiger charge is -2.08. The molecule has 0 spiro atoms. The largest absolute Gasteiger partial charge is 0.290 e. The van der Waals surface area contributed by atoms with Crippen LogP contribution in [0.2, 0.25) is 0 Å². The molecule has 0 bridgehead atoms. The van der Waals surface area contributed by atoms with Crippen molar-refractivity contribution in [2.45, 2.75) is 6.16 Å². The van der Waals surface area contributed by atoms with Gasteiger partial charge in [0.15, 0.2) is 0 Å². The van der Waals surface area contributed by atoms with E-state index in [-0.39, 0.29) is 0 Å². The zero-order valence-corrected chi connectivity index (χ0v) is 8.04. The quantitative estimate of drug-likeness (QED) is 0.624. The molecule has 1 rings (SSSR count). The molecule has 1 unspecified atom stereocenters. The first-order valence-electron chi connectivity index (χ1n) is 3.74. The second-order valence-corrected chi connectivity index (χ2v) is 4.28. The fraction of sp³-hybridized carbons (Fsp3) is 0.333. The molecule has 0 aliphatic heterocycles. The summed E-state index contributed by atoms with van der Waals surface area (Å²) in [7, 11) is 5.12. The van der Waals surface area contributed by atoms with Crippen molar-refractivity contribution >= 4 is 8.73 Å². The highest BCUT2D eigenvalue weighted by Crippen LogP contribution is 2.19. The van der Waals surface area contributed by atoms with E-state index in [0.29, 0.717) is 0 Å². The summed E-state index contributed by atoms with van der Waals surface area (Å²) in [5.74, 6) is 0. The molecule has 1 aromatic rings. The van der Waals surface area contributed by atoms with Gasteiger partial charge < -0.3 is 0 Å². The lowest BCUT2D eigenvalue weighted by atomic mass is 10.2. The SMILES string of the molecule is CN(C)PCc1ccccc1. The van der Waals surface area contributed by atoms with Gasteiger partial charge in [-0.15, -0.1) is 0 Å². The second-order valence-electron chi connectivity index (χ2n) is 2.71. The van der Waals surface area contributed by atoms with Crippen LogP contribution in [0.4, 0.5) is 0 Å². The molecule has 0 fully saturated rings. The average molecular weight is 167 g/mol. The fourth-order valence-corrected chi connectivity index (χ4v) is 1.58. The van der Waals surface area contributed by atoms with Crippen LogP contribution in [0.25, 0.3) is 0 Å². The van der Waals surface area contributed by atoms with Crippen molar-refractivity contribution in [1.29, 1.82) is 0 Å². The molecular formula is C9H14NP. The summed E-state index contributed by atoms with van der Waals surface area (Å²) in [4.78, 5) is 0. The molecule has 0 aromatic heterocycles. The van der Waals surface area contributed by atoms with Crippen LogP contribution in [0.3, 0.4) is 0 Å². The fourth-order valence-electron chi connectivity index (χ4n) is 0.845. The summed E-state index contributed by atoms with van der Waals surface area (Å²) in [5.41, 5.74) is 1.43. The van der Waals surface area contributed by atoms with Gasteiger partial charge >= 0.3 is 0 Å². The highest BCUT2D eigenvalue weighted by atomic mass is 31.1. The Bertz CT molecular complexity index is 196. The molecule has 0 heterocycles. The highest BCUT2D eigenvalue weighted by Gasteiger charge is 1.91. The van der Waals surface area contributed by atoms with Crippen LogP contribution in [-0.4, -0.2) is 18.8 Å². The first-order valence-corrected chi connectivity index (χ1v) is 4.89. The van der Waals surface area contributed by atoms with Crippen molar-refractivity contribution in [2.24, 2.45) is 0 Å². The zero-order chi connectivity index (χ0) is 8.10. The lowest BCUT2D eigenvalue weighted by Crippen LogP contribution is -1.96. The molecule has 1 nitrogen and oxygen atoms in total. The van der Waals surface area contributed by atoms with E-state index in [1.165, 1.54) is 11.7 Å². The molecule has 0 aliphatic rings. The van der Waals surface area contributed by atoms with Crippen LogP contribution in [0, 0.1) is 0 Å². The van der Waals surface area contributed by atoms with E-state index in [9.17, 15) is 0 Å². The number of hydrogen-bond donors (Lipinski definition) is 0. The van der Waals surface area contributed by atoms with E-state index in [2.05, 4.69) is 49.1 Å². The van der Waals surface area contributed by atoms with Gasteiger partial charge in [-0.3, -0.25) is 4.67 Å². The van der Waals surface area contributed by atoms with Gasteiger partial charge in [0.25, 0.3) is 0 Å². The normalized spacial score (nSPS) is 11.5. The molecule has 1 atom stereocenters. The summed E-state index contributed by atoms with van der Waals surface area (Å²) < 4.78 is 2.23. The Morgan fingerprint density at radius 1 is 1.18 bits per heavy atom. The Morgan fingerprint density at radius 2 is 1.82 bits per heavy atom. The van der Waals surface area contributed by atoms with E-state index in [1.54, 1.807) is 0 Å². The maximum absolute atomic E-state index is 2.23. The Morgan fingerprint density at radius 3 is 2.36 bits per heavy atom. The van der Waals surface area contributed by atoms with Crippen molar-refractivity contribution in [1.82, 2.24) is 4.67 Å². The third-order valence-corrected chi connectivity index (χ3v) is 2.64. The van der Waals surface area contributed by atoms with Gasteiger partial charge in [0.05, 0.1) is 0 Å². The van der Waals surface area contributed by atoms with E-state index < -0.39 is 0 Å². The Balaban J connectivity index is 2.39. The molecule has 0 saturated heterocycles. The monoisotopic (exact) mass is 167 g/mol. The van der Waals surface area contributed by atoms with Crippen molar-refractivity contribution in [2.75, 3.05) is 14.1 Å². The van der Waals surface area contributed by atoms with Crippen LogP contribution < -0.4 is 0 Å². The topological polar surface area (TPSA) is 3.24 Å². The molecule has 0 saturated carbocycles. The van der Waals surface area contributed by atoms with Gasteiger partial charge in [-0.1, -0.05) is 30.3 Å². The first kappa shape index (κ1) is 8.70. The van der Waals surface area contributed by atoms with E-state index in [4.69, 9.17) is 0 Å². The smallest absolute Gasteiger partial charge is 0.00318 e. The van der Waals surface area contributed by atoms with Crippen molar-refractivity contribution < 1.29 is 0 Å². The predicted molar refractivity (Wildman–Crippen MR) is 52.1 cm³/mol. The summed E-state index contributed by atoms with van der Waals surface area (Å²) in [5, 5.41) is 0. The third-order valence-electron chi connectivity index (χ3n) is 1.44. The maximum atomic E-state index is 2.23. The zero-order valence-electron chi connectivity index (χ0n) is 7.04. The van der Waals surface area contributed by atoms with Crippen molar-refractivity contribution in [3.8, 4) is 0 Å². The number of rotatable bonds is 3. The number of hydrogen-bond acceptors (Lipinski definition) is 1. The van der Waals surface area contributed by atoms with Gasteiger partial charge in [0.2, 0.25) is 0 Å². The van der Waals surface area contributed by atoms with Crippen molar-refractivity contribution in [3.05, 3.63) is 35.9 Å². The molecule has 60 valence electrons. The molecule has 0 N–H and O–H groups in total. The number of benzene rings is 1. The first-order chi connectivity index (χ1) is 5.29. The van der Waals surface area contributed by atoms with Gasteiger partial charge in [0.1, 0.15) is 0 Å². The van der Waals surface area contributed by atoms with E-state index >= 15 is 0 Å². The van der Waals surface area contributed by atoms with E-state index in [0.717, 1.165) is 8.73 Å². The van der Waals surface area contributed by atoms with Crippen LogP contribution in [0.15, 0.2) is 30.3 Å². The minimum Gasteiger partial charge on any atom is -0.290 e. The van der Waals surface area contributed by atoms with Crippen LogP contribution in [0.5, 0.6) is 0 Å². The van der Waals surface area contributed by atoms with Crippen LogP contribution >= 0.6 is 8.73 Å². The van der Waals surface area contributed by atoms with Crippen LogP contribution in [-0.2, 0) is 6.16 Å². The second kappa shape index (κ2) is 4.48. The Labute approximate surface area is 70.3 Å². The van der Waals surface area contributed by atoms with E-state index in [1.807, 2.05) is 0 Å². The molecule has 0 amide bonds. The molecule has 0 radical (unpaired) electrons.